The maximum Gasteiger partial charge on any atom is 0.328 e. The summed E-state index contributed by atoms with van der Waals surface area (Å²) in [6.45, 7) is 1.74. The number of unbranched alkanes of at least 4 members (excludes halogenated alkanes) is 15. The van der Waals surface area contributed by atoms with E-state index in [9.17, 15) is 28.9 Å². The predicted molar refractivity (Wildman–Crippen MR) is 198 cm³/mol. The van der Waals surface area contributed by atoms with Gasteiger partial charge < -0.3 is 38.1 Å². The molecule has 3 atom stereocenters. The molecule has 0 aliphatic rings. The molecule has 0 aromatic heterocycles. The molecule has 0 aromatic carbocycles. The zero-order valence-corrected chi connectivity index (χ0v) is 33.0. The quantitative estimate of drug-likeness (QED) is 0.0165. The number of phosphoric acid groups is 1. The third-order valence-electron chi connectivity index (χ3n) is 8.14. The minimum Gasteiger partial charge on any atom is -0.756 e. The molecule has 0 bridgehead atoms. The highest BCUT2D eigenvalue weighted by Crippen LogP contribution is 2.38. The van der Waals surface area contributed by atoms with Crippen LogP contribution in [0.15, 0.2) is 24.3 Å². The SMILES string of the molecule is CCCCCCCC/C=C\CCCCCCCC(=O)OC[C@H](COP(=O)([O-])OCC[N+](C)(C)C)OC(=O)CCCCCCCC(O)/C=C/C(=O)O. The number of aliphatic hydroxyl groups is 1. The molecule has 2 N–H and O–H groups in total. The molecule has 0 rings (SSSR count). The van der Waals surface area contributed by atoms with Crippen molar-refractivity contribution in [2.75, 3.05) is 47.5 Å². The summed E-state index contributed by atoms with van der Waals surface area (Å²) in [6, 6.07) is 0. The van der Waals surface area contributed by atoms with E-state index in [2.05, 4.69) is 19.1 Å². The normalized spacial score (nSPS) is 14.5. The lowest BCUT2D eigenvalue weighted by Gasteiger charge is -2.28. The van der Waals surface area contributed by atoms with Gasteiger partial charge in [0.05, 0.1) is 33.9 Å². The number of hydrogen-bond donors (Lipinski definition) is 2. The van der Waals surface area contributed by atoms with Crippen molar-refractivity contribution in [3.63, 3.8) is 0 Å². The molecule has 0 saturated carbocycles. The molecule has 51 heavy (non-hydrogen) atoms. The van der Waals surface area contributed by atoms with Crippen molar-refractivity contribution >= 4 is 25.7 Å². The van der Waals surface area contributed by atoms with Crippen LogP contribution in [0.1, 0.15) is 142 Å². The molecule has 0 heterocycles. The Labute approximate surface area is 308 Å². The minimum atomic E-state index is -4.67. The van der Waals surface area contributed by atoms with Gasteiger partial charge >= 0.3 is 17.9 Å². The van der Waals surface area contributed by atoms with Crippen molar-refractivity contribution in [3.05, 3.63) is 24.3 Å². The first-order valence-corrected chi connectivity index (χ1v) is 20.7. The first-order valence-electron chi connectivity index (χ1n) is 19.2. The van der Waals surface area contributed by atoms with E-state index in [1.165, 1.54) is 44.6 Å². The molecule has 0 aliphatic heterocycles. The third-order valence-corrected chi connectivity index (χ3v) is 9.11. The highest BCUT2D eigenvalue weighted by molar-refractivity contribution is 7.45. The lowest BCUT2D eigenvalue weighted by molar-refractivity contribution is -0.870. The highest BCUT2D eigenvalue weighted by atomic mass is 31.2. The van der Waals surface area contributed by atoms with Crippen molar-refractivity contribution in [2.24, 2.45) is 0 Å². The molecule has 12 nitrogen and oxygen atoms in total. The van der Waals surface area contributed by atoms with Crippen molar-refractivity contribution in [1.82, 2.24) is 0 Å². The van der Waals surface area contributed by atoms with Crippen molar-refractivity contribution < 1.29 is 57.1 Å². The standard InChI is InChI=1S/C38H70NO11P/c1-5-6-7-8-9-10-11-12-13-14-15-16-17-20-23-26-37(43)47-32-35(33-49-51(45,46)48-31-30-39(2,3)4)50-38(44)27-24-21-18-19-22-25-34(40)28-29-36(41)42/h12-13,28-29,34-35,40H,5-11,14-27,30-33H2,1-4H3,(H-,41,42,45,46)/b13-12-,29-28+/t34?,35-/m1/s1. The van der Waals surface area contributed by atoms with Crippen LogP contribution >= 0.6 is 7.82 Å². The number of quaternary nitrogens is 1. The van der Waals surface area contributed by atoms with Gasteiger partial charge in [0.1, 0.15) is 19.8 Å². The van der Waals surface area contributed by atoms with E-state index in [1.54, 1.807) is 0 Å². The second-order valence-corrected chi connectivity index (χ2v) is 15.7. The summed E-state index contributed by atoms with van der Waals surface area (Å²) in [7, 11) is 1.02. The second kappa shape index (κ2) is 31.4. The Morgan fingerprint density at radius 3 is 1.84 bits per heavy atom. The molecule has 0 fully saturated rings. The largest absolute Gasteiger partial charge is 0.756 e. The lowest BCUT2D eigenvalue weighted by Crippen LogP contribution is -2.37. The van der Waals surface area contributed by atoms with Gasteiger partial charge in [0.15, 0.2) is 6.10 Å². The number of carbonyl (C=O) groups excluding carboxylic acids is 2. The zero-order valence-electron chi connectivity index (χ0n) is 32.1. The van der Waals surface area contributed by atoms with Gasteiger partial charge in [-0.15, -0.1) is 0 Å². The molecule has 0 spiro atoms. The first kappa shape index (κ1) is 48.9. The predicted octanol–water partition coefficient (Wildman–Crippen LogP) is 7.42. The van der Waals surface area contributed by atoms with Crippen molar-refractivity contribution in [1.29, 1.82) is 0 Å². The van der Waals surface area contributed by atoms with Gasteiger partial charge in [-0.3, -0.25) is 14.2 Å². The van der Waals surface area contributed by atoms with Crippen LogP contribution in [0.25, 0.3) is 0 Å². The molecular weight excluding hydrogens is 677 g/mol. The number of carbonyl (C=O) groups is 3. The fourth-order valence-electron chi connectivity index (χ4n) is 5.04. The van der Waals surface area contributed by atoms with E-state index in [-0.39, 0.29) is 26.1 Å². The summed E-state index contributed by atoms with van der Waals surface area (Å²) in [5, 5.41) is 18.4. The molecule has 0 aromatic rings. The number of aliphatic hydroxyl groups excluding tert-OH is 1. The summed E-state index contributed by atoms with van der Waals surface area (Å²) < 4.78 is 33.5. The van der Waals surface area contributed by atoms with E-state index in [0.29, 0.717) is 36.7 Å². The summed E-state index contributed by atoms with van der Waals surface area (Å²) >= 11 is 0. The summed E-state index contributed by atoms with van der Waals surface area (Å²) in [4.78, 5) is 47.8. The number of likely N-dealkylation sites (N-methyl/N-ethyl adjacent to an activating group) is 1. The zero-order chi connectivity index (χ0) is 38.2. The number of carboxylic acid groups (broad SMARTS) is 1. The summed E-state index contributed by atoms with van der Waals surface area (Å²) in [5.74, 6) is -2.10. The summed E-state index contributed by atoms with van der Waals surface area (Å²) in [5.41, 5.74) is 0. The van der Waals surface area contributed by atoms with Crippen LogP contribution in [0.4, 0.5) is 0 Å². The number of ether oxygens (including phenoxy) is 2. The van der Waals surface area contributed by atoms with Crippen molar-refractivity contribution in [2.45, 2.75) is 154 Å². The fourth-order valence-corrected chi connectivity index (χ4v) is 5.77. The summed E-state index contributed by atoms with van der Waals surface area (Å²) in [6.07, 6.45) is 24.2. The van der Waals surface area contributed by atoms with E-state index in [0.717, 1.165) is 63.9 Å². The topological polar surface area (TPSA) is 169 Å². The number of hydrogen-bond acceptors (Lipinski definition) is 10. The van der Waals surface area contributed by atoms with Gasteiger partial charge in [0, 0.05) is 18.9 Å². The molecule has 0 aliphatic carbocycles. The lowest BCUT2D eigenvalue weighted by atomic mass is 10.1. The molecule has 298 valence electrons. The Kier molecular flexibility index (Phi) is 30.2. The van der Waals surface area contributed by atoms with E-state index < -0.39 is 44.5 Å². The molecule has 13 heteroatoms. The van der Waals surface area contributed by atoms with E-state index >= 15 is 0 Å². The second-order valence-electron chi connectivity index (χ2n) is 14.3. The fraction of sp³-hybridized carbons (Fsp3) is 0.816. The van der Waals surface area contributed by atoms with Crippen LogP contribution in [0.2, 0.25) is 0 Å². The van der Waals surface area contributed by atoms with E-state index in [1.807, 2.05) is 21.1 Å². The first-order chi connectivity index (χ1) is 24.2. The van der Waals surface area contributed by atoms with Crippen LogP contribution in [-0.4, -0.2) is 92.3 Å². The third kappa shape index (κ3) is 36.1. The Morgan fingerprint density at radius 2 is 1.27 bits per heavy atom. The molecular formula is C38H70NO11P. The van der Waals surface area contributed by atoms with Gasteiger partial charge in [-0.05, 0) is 51.0 Å². The Balaban J connectivity index is 4.47. The Morgan fingerprint density at radius 1 is 0.745 bits per heavy atom. The Bertz CT molecular complexity index is 1010. The van der Waals surface area contributed by atoms with Crippen LogP contribution in [0, 0.1) is 0 Å². The highest BCUT2D eigenvalue weighted by Gasteiger charge is 2.21. The van der Waals surface area contributed by atoms with Crippen LogP contribution < -0.4 is 4.89 Å². The number of aliphatic carboxylic acids is 1. The van der Waals surface area contributed by atoms with Gasteiger partial charge in [-0.1, -0.05) is 96.1 Å². The molecule has 0 amide bonds. The molecule has 0 saturated heterocycles. The van der Waals surface area contributed by atoms with Gasteiger partial charge in [0.25, 0.3) is 7.82 Å². The Hall–Kier alpha value is -2.08. The van der Waals surface area contributed by atoms with Crippen LogP contribution in [0.3, 0.4) is 0 Å². The molecule has 2 unspecified atom stereocenters. The monoisotopic (exact) mass is 747 g/mol. The number of carboxylic acids is 1. The van der Waals surface area contributed by atoms with Gasteiger partial charge in [0.2, 0.25) is 0 Å². The van der Waals surface area contributed by atoms with Gasteiger partial charge in [-0.2, -0.15) is 0 Å². The number of allylic oxidation sites excluding steroid dienone is 2. The number of phosphoric ester groups is 1. The number of nitrogens with zero attached hydrogens (tertiary/aromatic N) is 1. The van der Waals surface area contributed by atoms with Gasteiger partial charge in [-0.25, -0.2) is 4.79 Å². The van der Waals surface area contributed by atoms with Crippen LogP contribution in [-0.2, 0) is 37.5 Å². The maximum absolute atomic E-state index is 12.5. The number of esters is 2. The van der Waals surface area contributed by atoms with E-state index in [4.69, 9.17) is 23.6 Å². The average Bonchev–Trinajstić information content (AvgIpc) is 3.05. The maximum atomic E-state index is 12.5. The van der Waals surface area contributed by atoms with Crippen molar-refractivity contribution in [3.8, 4) is 0 Å². The van der Waals surface area contributed by atoms with Crippen LogP contribution in [0.5, 0.6) is 0 Å². The smallest absolute Gasteiger partial charge is 0.328 e. The minimum absolute atomic E-state index is 0.0718. The average molecular weight is 748 g/mol. The molecule has 0 radical (unpaired) electrons. The number of rotatable bonds is 35.